The molecule has 0 amide bonds. The van der Waals surface area contributed by atoms with Gasteiger partial charge in [0.05, 0.1) is 5.54 Å². The van der Waals surface area contributed by atoms with E-state index in [1.165, 1.54) is 6.33 Å². The molecule has 0 unspecified atom stereocenters. The highest BCUT2D eigenvalue weighted by molar-refractivity contribution is 5.81. The fourth-order valence-corrected chi connectivity index (χ4v) is 1.26. The van der Waals surface area contributed by atoms with Gasteiger partial charge in [-0.25, -0.2) is 15.0 Å². The standard InChI is InChI=1S/C9H14N6/c1-9(2,11-3)8-14-5-6(10)12-4-13-7(5)15-8/h4,11H,1-3H3,(H3,10,12,13,14,15). The summed E-state index contributed by atoms with van der Waals surface area (Å²) in [4.78, 5) is 15.5. The summed E-state index contributed by atoms with van der Waals surface area (Å²) >= 11 is 0. The van der Waals surface area contributed by atoms with Crippen molar-refractivity contribution in [2.75, 3.05) is 12.8 Å². The van der Waals surface area contributed by atoms with Gasteiger partial charge in [-0.3, -0.25) is 0 Å². The molecule has 2 rings (SSSR count). The first-order valence-corrected chi connectivity index (χ1v) is 4.70. The maximum atomic E-state index is 5.71. The molecule has 0 aliphatic heterocycles. The zero-order chi connectivity index (χ0) is 11.1. The van der Waals surface area contributed by atoms with E-state index in [9.17, 15) is 0 Å². The lowest BCUT2D eigenvalue weighted by atomic mass is 10.1. The number of aromatic nitrogens is 4. The van der Waals surface area contributed by atoms with Crippen LogP contribution in [0.3, 0.4) is 0 Å². The van der Waals surface area contributed by atoms with Crippen LogP contribution in [0.15, 0.2) is 6.33 Å². The van der Waals surface area contributed by atoms with Crippen molar-refractivity contribution in [3.63, 3.8) is 0 Å². The van der Waals surface area contributed by atoms with Crippen molar-refractivity contribution >= 4 is 17.0 Å². The molecule has 0 aromatic carbocycles. The zero-order valence-corrected chi connectivity index (χ0v) is 9.00. The third-order valence-electron chi connectivity index (χ3n) is 2.53. The van der Waals surface area contributed by atoms with Crippen molar-refractivity contribution in [3.8, 4) is 0 Å². The Labute approximate surface area is 87.3 Å². The van der Waals surface area contributed by atoms with Gasteiger partial charge in [-0.2, -0.15) is 0 Å². The molecule has 0 bridgehead atoms. The van der Waals surface area contributed by atoms with E-state index in [0.717, 1.165) is 5.82 Å². The van der Waals surface area contributed by atoms with Crippen LogP contribution < -0.4 is 11.1 Å². The van der Waals surface area contributed by atoms with E-state index in [-0.39, 0.29) is 5.54 Å². The van der Waals surface area contributed by atoms with Gasteiger partial charge in [0.15, 0.2) is 11.5 Å². The SMILES string of the molecule is CNC(C)(C)c1nc2ncnc(N)c2[nH]1. The molecule has 80 valence electrons. The molecule has 4 N–H and O–H groups in total. The highest BCUT2D eigenvalue weighted by Crippen LogP contribution is 2.20. The number of hydrogen-bond acceptors (Lipinski definition) is 5. The Morgan fingerprint density at radius 2 is 2.13 bits per heavy atom. The van der Waals surface area contributed by atoms with E-state index in [2.05, 4.69) is 25.3 Å². The topological polar surface area (TPSA) is 92.5 Å². The number of fused-ring (bicyclic) bond motifs is 1. The minimum Gasteiger partial charge on any atom is -0.382 e. The summed E-state index contributed by atoms with van der Waals surface area (Å²) in [5.41, 5.74) is 6.76. The molecule has 6 nitrogen and oxygen atoms in total. The number of rotatable bonds is 2. The fourth-order valence-electron chi connectivity index (χ4n) is 1.26. The Morgan fingerprint density at radius 3 is 2.73 bits per heavy atom. The Bertz CT molecular complexity index is 486. The predicted molar refractivity (Wildman–Crippen MR) is 58.2 cm³/mol. The fraction of sp³-hybridized carbons (Fsp3) is 0.444. The first-order valence-electron chi connectivity index (χ1n) is 4.70. The number of hydrogen-bond donors (Lipinski definition) is 3. The third-order valence-corrected chi connectivity index (χ3v) is 2.53. The molecule has 0 aliphatic rings. The lowest BCUT2D eigenvalue weighted by Gasteiger charge is -2.20. The molecule has 0 saturated heterocycles. The monoisotopic (exact) mass is 206 g/mol. The van der Waals surface area contributed by atoms with Gasteiger partial charge in [-0.15, -0.1) is 0 Å². The minimum absolute atomic E-state index is 0.243. The Hall–Kier alpha value is -1.69. The van der Waals surface area contributed by atoms with E-state index >= 15 is 0 Å². The summed E-state index contributed by atoms with van der Waals surface area (Å²) in [7, 11) is 1.88. The van der Waals surface area contributed by atoms with Gasteiger partial charge in [-0.05, 0) is 20.9 Å². The van der Waals surface area contributed by atoms with Crippen molar-refractivity contribution in [1.82, 2.24) is 25.3 Å². The van der Waals surface area contributed by atoms with Gasteiger partial charge in [0, 0.05) is 0 Å². The Morgan fingerprint density at radius 1 is 1.40 bits per heavy atom. The van der Waals surface area contributed by atoms with Crippen LogP contribution in [0.1, 0.15) is 19.7 Å². The number of aromatic amines is 1. The molecule has 0 aliphatic carbocycles. The van der Waals surface area contributed by atoms with Gasteiger partial charge >= 0.3 is 0 Å². The normalized spacial score (nSPS) is 12.2. The van der Waals surface area contributed by atoms with E-state index in [1.54, 1.807) is 0 Å². The maximum absolute atomic E-state index is 5.71. The molecule has 2 aromatic heterocycles. The molecule has 2 heterocycles. The molecule has 2 aromatic rings. The summed E-state index contributed by atoms with van der Waals surface area (Å²) in [6.07, 6.45) is 1.41. The molecular formula is C9H14N6. The van der Waals surface area contributed by atoms with E-state index in [1.807, 2.05) is 20.9 Å². The van der Waals surface area contributed by atoms with Crippen molar-refractivity contribution in [2.45, 2.75) is 19.4 Å². The third kappa shape index (κ3) is 1.52. The summed E-state index contributed by atoms with van der Waals surface area (Å²) in [6, 6.07) is 0. The molecule has 0 fully saturated rings. The number of H-pyrrole nitrogens is 1. The second-order valence-corrected chi connectivity index (χ2v) is 3.92. The number of anilines is 1. The molecule has 0 atom stereocenters. The van der Waals surface area contributed by atoms with Crippen LogP contribution in [-0.4, -0.2) is 27.0 Å². The van der Waals surface area contributed by atoms with Crippen molar-refractivity contribution in [1.29, 1.82) is 0 Å². The van der Waals surface area contributed by atoms with Gasteiger partial charge < -0.3 is 16.0 Å². The summed E-state index contributed by atoms with van der Waals surface area (Å²) < 4.78 is 0. The minimum atomic E-state index is -0.243. The largest absolute Gasteiger partial charge is 0.382 e. The Kier molecular flexibility index (Phi) is 2.08. The predicted octanol–water partition coefficient (Wildman–Crippen LogP) is 0.390. The zero-order valence-electron chi connectivity index (χ0n) is 9.00. The highest BCUT2D eigenvalue weighted by Gasteiger charge is 2.22. The van der Waals surface area contributed by atoms with Crippen LogP contribution in [-0.2, 0) is 5.54 Å². The van der Waals surface area contributed by atoms with Crippen molar-refractivity contribution in [3.05, 3.63) is 12.2 Å². The highest BCUT2D eigenvalue weighted by atomic mass is 15.1. The number of nitrogens with two attached hydrogens (primary N) is 1. The van der Waals surface area contributed by atoms with Crippen molar-refractivity contribution < 1.29 is 0 Å². The van der Waals surface area contributed by atoms with Gasteiger partial charge in [0.2, 0.25) is 0 Å². The number of nitrogens with one attached hydrogen (secondary N) is 2. The van der Waals surface area contributed by atoms with Crippen LogP contribution in [0, 0.1) is 0 Å². The van der Waals surface area contributed by atoms with Gasteiger partial charge in [-0.1, -0.05) is 0 Å². The summed E-state index contributed by atoms with van der Waals surface area (Å²) in [5.74, 6) is 1.22. The number of nitrogen functional groups attached to an aromatic ring is 1. The number of nitrogens with zero attached hydrogens (tertiary/aromatic N) is 3. The van der Waals surface area contributed by atoms with Gasteiger partial charge in [0.1, 0.15) is 17.7 Å². The lowest BCUT2D eigenvalue weighted by molar-refractivity contribution is 0.421. The summed E-state index contributed by atoms with van der Waals surface area (Å²) in [6.45, 7) is 4.04. The number of imidazole rings is 1. The second-order valence-electron chi connectivity index (χ2n) is 3.92. The van der Waals surface area contributed by atoms with Gasteiger partial charge in [0.25, 0.3) is 0 Å². The van der Waals surface area contributed by atoms with Crippen LogP contribution in [0.2, 0.25) is 0 Å². The molecular weight excluding hydrogens is 192 g/mol. The first-order chi connectivity index (χ1) is 7.04. The van der Waals surface area contributed by atoms with Crippen LogP contribution in [0.4, 0.5) is 5.82 Å². The van der Waals surface area contributed by atoms with E-state index < -0.39 is 0 Å². The lowest BCUT2D eigenvalue weighted by Crippen LogP contribution is -2.34. The average molecular weight is 206 g/mol. The summed E-state index contributed by atoms with van der Waals surface area (Å²) in [5, 5.41) is 3.16. The smallest absolute Gasteiger partial charge is 0.183 e. The molecule has 0 radical (unpaired) electrons. The first kappa shape index (κ1) is 9.85. The van der Waals surface area contributed by atoms with E-state index in [0.29, 0.717) is 17.0 Å². The van der Waals surface area contributed by atoms with Crippen molar-refractivity contribution in [2.24, 2.45) is 0 Å². The van der Waals surface area contributed by atoms with Crippen LogP contribution in [0.5, 0.6) is 0 Å². The van der Waals surface area contributed by atoms with E-state index in [4.69, 9.17) is 5.73 Å². The quantitative estimate of drug-likeness (QED) is 0.661. The molecule has 6 heteroatoms. The average Bonchev–Trinajstić information content (AvgIpc) is 2.64. The van der Waals surface area contributed by atoms with Crippen LogP contribution >= 0.6 is 0 Å². The molecule has 0 saturated carbocycles. The maximum Gasteiger partial charge on any atom is 0.183 e. The molecule has 0 spiro atoms. The van der Waals surface area contributed by atoms with Crippen LogP contribution in [0.25, 0.3) is 11.2 Å². The second kappa shape index (κ2) is 3.16. The Balaban J connectivity index is 2.62. The molecule has 15 heavy (non-hydrogen) atoms.